The van der Waals surface area contributed by atoms with E-state index in [9.17, 15) is 4.79 Å². The first kappa shape index (κ1) is 14.5. The van der Waals surface area contributed by atoms with Gasteiger partial charge in [0.25, 0.3) is 0 Å². The molecule has 0 unspecified atom stereocenters. The minimum absolute atomic E-state index is 0.0879. The van der Waals surface area contributed by atoms with E-state index in [0.717, 1.165) is 25.9 Å². The summed E-state index contributed by atoms with van der Waals surface area (Å²) in [4.78, 5) is 11.5. The Hall–Kier alpha value is -0.610. The molecule has 0 radical (unpaired) electrons. The van der Waals surface area contributed by atoms with Crippen molar-refractivity contribution >= 4 is 5.91 Å². The number of hydrogen-bond donors (Lipinski definition) is 2. The van der Waals surface area contributed by atoms with Crippen molar-refractivity contribution in [2.75, 3.05) is 13.2 Å². The number of carbonyl (C=O) groups is 1. The highest BCUT2D eigenvalue weighted by molar-refractivity contribution is 5.81. The molecule has 0 heterocycles. The first-order chi connectivity index (χ1) is 8.09. The van der Waals surface area contributed by atoms with Crippen molar-refractivity contribution in [3.05, 3.63) is 0 Å². The highest BCUT2D eigenvalue weighted by Gasteiger charge is 2.33. The molecule has 1 atom stereocenters. The maximum atomic E-state index is 11.5. The first-order valence-electron chi connectivity index (χ1n) is 6.77. The van der Waals surface area contributed by atoms with Gasteiger partial charge in [-0.25, -0.2) is 0 Å². The van der Waals surface area contributed by atoms with Gasteiger partial charge in [0, 0.05) is 13.2 Å². The second kappa shape index (κ2) is 6.97. The second-order valence-corrected chi connectivity index (χ2v) is 5.10. The van der Waals surface area contributed by atoms with Crippen molar-refractivity contribution in [1.82, 2.24) is 5.32 Å². The van der Waals surface area contributed by atoms with Gasteiger partial charge in [0.15, 0.2) is 0 Å². The van der Waals surface area contributed by atoms with Crippen molar-refractivity contribution in [1.29, 1.82) is 0 Å². The molecule has 4 nitrogen and oxygen atoms in total. The highest BCUT2D eigenvalue weighted by Crippen LogP contribution is 2.31. The van der Waals surface area contributed by atoms with Gasteiger partial charge >= 0.3 is 0 Å². The summed E-state index contributed by atoms with van der Waals surface area (Å²) in [6.07, 6.45) is 6.77. The van der Waals surface area contributed by atoms with E-state index in [1.807, 2.05) is 0 Å². The second-order valence-electron chi connectivity index (χ2n) is 5.10. The summed E-state index contributed by atoms with van der Waals surface area (Å²) in [5.41, 5.74) is 5.40. The number of hydrogen-bond acceptors (Lipinski definition) is 3. The van der Waals surface area contributed by atoms with E-state index >= 15 is 0 Å². The standard InChI is InChI=1S/C13H26N2O2/c1-3-9-17-13(7-5-4-6-8-13)10-15-12(16)11(2)14/h11H,3-10,14H2,1-2H3,(H,15,16)/t11-/m0/s1. The fraction of sp³-hybridized carbons (Fsp3) is 0.923. The number of ether oxygens (including phenoxy) is 1. The SMILES string of the molecule is CCCOC1(CNC(=O)[C@H](C)N)CCCCC1. The Morgan fingerprint density at radius 3 is 2.59 bits per heavy atom. The summed E-state index contributed by atoms with van der Waals surface area (Å²) >= 11 is 0. The smallest absolute Gasteiger partial charge is 0.236 e. The molecule has 0 aliphatic heterocycles. The summed E-state index contributed by atoms with van der Waals surface area (Å²) in [6.45, 7) is 5.19. The zero-order valence-corrected chi connectivity index (χ0v) is 11.1. The first-order valence-corrected chi connectivity index (χ1v) is 6.77. The zero-order chi connectivity index (χ0) is 12.7. The monoisotopic (exact) mass is 242 g/mol. The molecule has 0 saturated heterocycles. The van der Waals surface area contributed by atoms with Crippen LogP contribution < -0.4 is 11.1 Å². The van der Waals surface area contributed by atoms with Gasteiger partial charge < -0.3 is 15.8 Å². The number of amides is 1. The summed E-state index contributed by atoms with van der Waals surface area (Å²) in [6, 6.07) is -0.443. The minimum Gasteiger partial charge on any atom is -0.373 e. The molecule has 1 saturated carbocycles. The van der Waals surface area contributed by atoms with E-state index < -0.39 is 6.04 Å². The molecule has 3 N–H and O–H groups in total. The number of nitrogens with two attached hydrogens (primary N) is 1. The molecule has 4 heteroatoms. The Bertz CT molecular complexity index is 236. The molecule has 100 valence electrons. The topological polar surface area (TPSA) is 64.3 Å². The van der Waals surface area contributed by atoms with Crippen molar-refractivity contribution in [2.45, 2.75) is 64.0 Å². The van der Waals surface area contributed by atoms with Crippen LogP contribution >= 0.6 is 0 Å². The van der Waals surface area contributed by atoms with Gasteiger partial charge in [0.1, 0.15) is 0 Å². The van der Waals surface area contributed by atoms with Gasteiger partial charge in [0.2, 0.25) is 5.91 Å². The molecule has 0 aromatic heterocycles. The van der Waals surface area contributed by atoms with Crippen LogP contribution in [0.3, 0.4) is 0 Å². The lowest BCUT2D eigenvalue weighted by atomic mass is 9.84. The van der Waals surface area contributed by atoms with Gasteiger partial charge in [0.05, 0.1) is 11.6 Å². The van der Waals surface area contributed by atoms with Gasteiger partial charge in [-0.1, -0.05) is 26.2 Å². The maximum absolute atomic E-state index is 11.5. The molecule has 1 amide bonds. The molecular weight excluding hydrogens is 216 g/mol. The van der Waals surface area contributed by atoms with E-state index in [1.165, 1.54) is 19.3 Å². The molecular formula is C13H26N2O2. The summed E-state index contributed by atoms with van der Waals surface area (Å²) in [5.74, 6) is -0.0879. The Kier molecular flexibility index (Phi) is 5.92. The van der Waals surface area contributed by atoms with Crippen LogP contribution in [0.5, 0.6) is 0 Å². The average Bonchev–Trinajstić information content (AvgIpc) is 2.34. The summed E-state index contributed by atoms with van der Waals surface area (Å²) in [7, 11) is 0. The lowest BCUT2D eigenvalue weighted by Gasteiger charge is -2.37. The Morgan fingerprint density at radius 2 is 2.06 bits per heavy atom. The molecule has 0 bridgehead atoms. The van der Waals surface area contributed by atoms with Gasteiger partial charge in [-0.15, -0.1) is 0 Å². The molecule has 0 aromatic carbocycles. The Balaban J connectivity index is 2.48. The van der Waals surface area contributed by atoms with Crippen LogP contribution in [0.4, 0.5) is 0 Å². The zero-order valence-electron chi connectivity index (χ0n) is 11.1. The summed E-state index contributed by atoms with van der Waals surface area (Å²) < 4.78 is 5.99. The van der Waals surface area contributed by atoms with Crippen LogP contribution in [0.2, 0.25) is 0 Å². The van der Waals surface area contributed by atoms with Gasteiger partial charge in [-0.05, 0) is 26.2 Å². The van der Waals surface area contributed by atoms with Gasteiger partial charge in [-0.2, -0.15) is 0 Å². The molecule has 1 aliphatic carbocycles. The average molecular weight is 242 g/mol. The molecule has 17 heavy (non-hydrogen) atoms. The third-order valence-electron chi connectivity index (χ3n) is 3.38. The normalized spacial score (nSPS) is 20.9. The predicted octanol–water partition coefficient (Wildman–Crippen LogP) is 1.58. The predicted molar refractivity (Wildman–Crippen MR) is 68.7 cm³/mol. The Morgan fingerprint density at radius 1 is 1.41 bits per heavy atom. The summed E-state index contributed by atoms with van der Waals surface area (Å²) in [5, 5.41) is 2.91. The van der Waals surface area contributed by atoms with Crippen LogP contribution in [-0.2, 0) is 9.53 Å². The molecule has 0 aromatic rings. The molecule has 0 spiro atoms. The van der Waals surface area contributed by atoms with E-state index in [1.54, 1.807) is 6.92 Å². The highest BCUT2D eigenvalue weighted by atomic mass is 16.5. The Labute approximate surface area is 104 Å². The van der Waals surface area contributed by atoms with E-state index in [4.69, 9.17) is 10.5 Å². The van der Waals surface area contributed by atoms with Crippen LogP contribution in [-0.4, -0.2) is 30.7 Å². The van der Waals surface area contributed by atoms with E-state index in [0.29, 0.717) is 6.54 Å². The van der Waals surface area contributed by atoms with Crippen molar-refractivity contribution in [3.63, 3.8) is 0 Å². The number of carbonyl (C=O) groups excluding carboxylic acids is 1. The molecule has 1 fully saturated rings. The van der Waals surface area contributed by atoms with Crippen LogP contribution in [0.25, 0.3) is 0 Å². The lowest BCUT2D eigenvalue weighted by molar-refractivity contribution is -0.125. The van der Waals surface area contributed by atoms with Crippen LogP contribution in [0, 0.1) is 0 Å². The molecule has 1 rings (SSSR count). The fourth-order valence-corrected chi connectivity index (χ4v) is 2.30. The lowest BCUT2D eigenvalue weighted by Crippen LogP contribution is -2.49. The largest absolute Gasteiger partial charge is 0.373 e. The fourth-order valence-electron chi connectivity index (χ4n) is 2.30. The quantitative estimate of drug-likeness (QED) is 0.743. The number of nitrogens with one attached hydrogen (secondary N) is 1. The van der Waals surface area contributed by atoms with Crippen molar-refractivity contribution < 1.29 is 9.53 Å². The molecule has 1 aliphatic rings. The van der Waals surface area contributed by atoms with Crippen LogP contribution in [0.15, 0.2) is 0 Å². The third kappa shape index (κ3) is 4.64. The van der Waals surface area contributed by atoms with Gasteiger partial charge in [-0.3, -0.25) is 4.79 Å². The maximum Gasteiger partial charge on any atom is 0.236 e. The minimum atomic E-state index is -0.443. The van der Waals surface area contributed by atoms with Crippen molar-refractivity contribution in [3.8, 4) is 0 Å². The van der Waals surface area contributed by atoms with E-state index in [-0.39, 0.29) is 11.5 Å². The third-order valence-corrected chi connectivity index (χ3v) is 3.38. The van der Waals surface area contributed by atoms with E-state index in [2.05, 4.69) is 12.2 Å². The van der Waals surface area contributed by atoms with Crippen LogP contribution in [0.1, 0.15) is 52.4 Å². The van der Waals surface area contributed by atoms with Crippen molar-refractivity contribution in [2.24, 2.45) is 5.73 Å². The number of rotatable bonds is 6.